The zero-order valence-corrected chi connectivity index (χ0v) is 12.2. The van der Waals surface area contributed by atoms with Crippen LogP contribution in [-0.2, 0) is 6.54 Å². The van der Waals surface area contributed by atoms with Gasteiger partial charge in [-0.2, -0.15) is 0 Å². The summed E-state index contributed by atoms with van der Waals surface area (Å²) in [7, 11) is 1.65. The maximum atomic E-state index is 12.5. The Bertz CT molecular complexity index is 447. The second-order valence-corrected chi connectivity index (χ2v) is 5.64. The number of nitrogens with zero attached hydrogens (tertiary/aromatic N) is 3. The van der Waals surface area contributed by atoms with E-state index in [2.05, 4.69) is 15.3 Å². The first kappa shape index (κ1) is 15.1. The van der Waals surface area contributed by atoms with Crippen molar-refractivity contribution in [3.63, 3.8) is 0 Å². The molecule has 0 aliphatic heterocycles. The van der Waals surface area contributed by atoms with E-state index in [-0.39, 0.29) is 12.5 Å². The zero-order valence-electron chi connectivity index (χ0n) is 12.2. The summed E-state index contributed by atoms with van der Waals surface area (Å²) in [6, 6.07) is 0.556. The Labute approximate surface area is 118 Å². The van der Waals surface area contributed by atoms with Crippen LogP contribution in [0.25, 0.3) is 0 Å². The molecule has 0 spiro atoms. The summed E-state index contributed by atoms with van der Waals surface area (Å²) in [5.74, 6) is 0.982. The third-order valence-electron chi connectivity index (χ3n) is 3.34. The van der Waals surface area contributed by atoms with Gasteiger partial charge in [-0.1, -0.05) is 13.8 Å². The van der Waals surface area contributed by atoms with E-state index in [1.165, 1.54) is 17.7 Å². The van der Waals surface area contributed by atoms with E-state index in [0.29, 0.717) is 18.3 Å². The van der Waals surface area contributed by atoms with Gasteiger partial charge in [-0.25, -0.2) is 18.7 Å². The Morgan fingerprint density at radius 2 is 2.10 bits per heavy atom. The lowest BCUT2D eigenvalue weighted by Gasteiger charge is -2.22. The van der Waals surface area contributed by atoms with Gasteiger partial charge in [0.2, 0.25) is 0 Å². The van der Waals surface area contributed by atoms with Crippen LogP contribution in [-0.4, -0.2) is 36.0 Å². The van der Waals surface area contributed by atoms with Crippen LogP contribution in [0.4, 0.5) is 14.5 Å². The van der Waals surface area contributed by atoms with Gasteiger partial charge in [0.25, 0.3) is 6.43 Å². The Balaban J connectivity index is 2.18. The Kier molecular flexibility index (Phi) is 4.86. The molecule has 0 amide bonds. The predicted octanol–water partition coefficient (Wildman–Crippen LogP) is 2.55. The number of anilines is 1. The molecule has 0 radical (unpaired) electrons. The topological polar surface area (TPSA) is 41.1 Å². The SMILES string of the molecule is CC(C)c1ncc(N(C)CC(F)F)c(CNC2CC2)n1. The van der Waals surface area contributed by atoms with Gasteiger partial charge in [0.15, 0.2) is 0 Å². The van der Waals surface area contributed by atoms with E-state index in [0.717, 1.165) is 11.5 Å². The lowest BCUT2D eigenvalue weighted by Crippen LogP contribution is -2.27. The van der Waals surface area contributed by atoms with E-state index in [1.54, 1.807) is 13.2 Å². The second-order valence-electron chi connectivity index (χ2n) is 5.64. The second kappa shape index (κ2) is 6.43. The maximum absolute atomic E-state index is 12.5. The van der Waals surface area contributed by atoms with Crippen LogP contribution in [0.1, 0.15) is 44.1 Å². The molecule has 0 unspecified atom stereocenters. The number of rotatable bonds is 7. The van der Waals surface area contributed by atoms with Gasteiger partial charge in [0.05, 0.1) is 24.1 Å². The molecule has 0 atom stereocenters. The van der Waals surface area contributed by atoms with Crippen molar-refractivity contribution in [2.24, 2.45) is 0 Å². The number of aromatic nitrogens is 2. The van der Waals surface area contributed by atoms with Crippen LogP contribution in [0, 0.1) is 0 Å². The lowest BCUT2D eigenvalue weighted by molar-refractivity contribution is 0.156. The summed E-state index contributed by atoms with van der Waals surface area (Å²) in [5.41, 5.74) is 1.49. The van der Waals surface area contributed by atoms with Gasteiger partial charge in [0, 0.05) is 25.6 Å². The van der Waals surface area contributed by atoms with E-state index in [1.807, 2.05) is 13.8 Å². The van der Waals surface area contributed by atoms with Crippen molar-refractivity contribution in [3.05, 3.63) is 17.7 Å². The number of alkyl halides is 2. The van der Waals surface area contributed by atoms with Crippen LogP contribution in [0.15, 0.2) is 6.20 Å². The summed E-state index contributed by atoms with van der Waals surface area (Å²) in [5, 5.41) is 3.38. The molecule has 1 aliphatic rings. The Morgan fingerprint density at radius 1 is 1.40 bits per heavy atom. The minimum Gasteiger partial charge on any atom is -0.366 e. The summed E-state index contributed by atoms with van der Waals surface area (Å²) in [4.78, 5) is 10.4. The smallest absolute Gasteiger partial charge is 0.255 e. The Morgan fingerprint density at radius 3 is 2.65 bits per heavy atom. The van der Waals surface area contributed by atoms with Crippen molar-refractivity contribution in [1.29, 1.82) is 0 Å². The van der Waals surface area contributed by atoms with Crippen molar-refractivity contribution in [3.8, 4) is 0 Å². The first-order chi connectivity index (χ1) is 9.47. The number of halogens is 2. The van der Waals surface area contributed by atoms with Gasteiger partial charge in [-0.15, -0.1) is 0 Å². The highest BCUT2D eigenvalue weighted by Crippen LogP contribution is 2.23. The summed E-state index contributed by atoms with van der Waals surface area (Å²) >= 11 is 0. The normalized spacial score (nSPS) is 15.2. The molecule has 1 heterocycles. The van der Waals surface area contributed by atoms with Crippen molar-refractivity contribution >= 4 is 5.69 Å². The van der Waals surface area contributed by atoms with Crippen LogP contribution in [0.2, 0.25) is 0 Å². The van der Waals surface area contributed by atoms with Crippen molar-refractivity contribution in [2.45, 2.75) is 51.6 Å². The monoisotopic (exact) mass is 284 g/mol. The average Bonchev–Trinajstić information content (AvgIpc) is 3.19. The van der Waals surface area contributed by atoms with E-state index >= 15 is 0 Å². The van der Waals surface area contributed by atoms with Crippen molar-refractivity contribution in [2.75, 3.05) is 18.5 Å². The molecule has 1 aliphatic carbocycles. The fourth-order valence-electron chi connectivity index (χ4n) is 1.99. The standard InChI is InChI=1S/C14H22F2N4/c1-9(2)14-18-7-12(20(3)8-13(15)16)11(19-14)6-17-10-4-5-10/h7,9-10,13,17H,4-6,8H2,1-3H3. The fourth-order valence-corrected chi connectivity index (χ4v) is 1.99. The Hall–Kier alpha value is -1.30. The molecular formula is C14H22F2N4. The lowest BCUT2D eigenvalue weighted by atomic mass is 10.2. The molecule has 1 fully saturated rings. The predicted molar refractivity (Wildman–Crippen MR) is 75.3 cm³/mol. The van der Waals surface area contributed by atoms with E-state index in [9.17, 15) is 8.78 Å². The van der Waals surface area contributed by atoms with Crippen molar-refractivity contribution < 1.29 is 8.78 Å². The highest BCUT2D eigenvalue weighted by atomic mass is 19.3. The first-order valence-electron chi connectivity index (χ1n) is 7.06. The molecule has 1 saturated carbocycles. The molecule has 112 valence electrons. The zero-order chi connectivity index (χ0) is 14.7. The quantitative estimate of drug-likeness (QED) is 0.835. The average molecular weight is 284 g/mol. The molecule has 4 nitrogen and oxygen atoms in total. The molecule has 20 heavy (non-hydrogen) atoms. The van der Waals surface area contributed by atoms with Gasteiger partial charge >= 0.3 is 0 Å². The maximum Gasteiger partial charge on any atom is 0.255 e. The van der Waals surface area contributed by atoms with E-state index in [4.69, 9.17) is 0 Å². The molecule has 1 aromatic heterocycles. The fraction of sp³-hybridized carbons (Fsp3) is 0.714. The molecule has 0 saturated heterocycles. The third-order valence-corrected chi connectivity index (χ3v) is 3.34. The van der Waals surface area contributed by atoms with Gasteiger partial charge in [-0.05, 0) is 12.8 Å². The number of nitrogens with one attached hydrogen (secondary N) is 1. The number of hydrogen-bond donors (Lipinski definition) is 1. The van der Waals surface area contributed by atoms with E-state index < -0.39 is 6.43 Å². The van der Waals surface area contributed by atoms with Crippen LogP contribution >= 0.6 is 0 Å². The summed E-state index contributed by atoms with van der Waals surface area (Å²) < 4.78 is 25.1. The summed E-state index contributed by atoms with van der Waals surface area (Å²) in [6.07, 6.45) is 1.66. The highest BCUT2D eigenvalue weighted by Gasteiger charge is 2.22. The molecule has 1 N–H and O–H groups in total. The van der Waals surface area contributed by atoms with Gasteiger partial charge < -0.3 is 10.2 Å². The minimum absolute atomic E-state index is 0.226. The molecule has 2 rings (SSSR count). The van der Waals surface area contributed by atoms with Crippen LogP contribution in [0.5, 0.6) is 0 Å². The van der Waals surface area contributed by atoms with Crippen LogP contribution < -0.4 is 10.2 Å². The first-order valence-corrected chi connectivity index (χ1v) is 7.06. The van der Waals surface area contributed by atoms with Gasteiger partial charge in [0.1, 0.15) is 5.82 Å². The molecule has 0 bridgehead atoms. The molecule has 0 aromatic carbocycles. The molecule has 6 heteroatoms. The molecule has 1 aromatic rings. The molecular weight excluding hydrogens is 262 g/mol. The third kappa shape index (κ3) is 4.10. The van der Waals surface area contributed by atoms with Crippen molar-refractivity contribution in [1.82, 2.24) is 15.3 Å². The minimum atomic E-state index is -2.37. The van der Waals surface area contributed by atoms with Gasteiger partial charge in [-0.3, -0.25) is 0 Å². The highest BCUT2D eigenvalue weighted by molar-refractivity contribution is 5.48. The number of hydrogen-bond acceptors (Lipinski definition) is 4. The summed E-state index contributed by atoms with van der Waals surface area (Å²) in [6.45, 7) is 4.35. The van der Waals surface area contributed by atoms with Crippen LogP contribution in [0.3, 0.4) is 0 Å². The largest absolute Gasteiger partial charge is 0.366 e.